The molecule has 4 N–H and O–H groups in total. The smallest absolute Gasteiger partial charge is 0.377 e. The van der Waals surface area contributed by atoms with Crippen LogP contribution in [0.2, 0.25) is 6.04 Å². The summed E-state index contributed by atoms with van der Waals surface area (Å²) < 4.78 is 17.3. The molecule has 1 unspecified atom stereocenters. The van der Waals surface area contributed by atoms with Gasteiger partial charge < -0.3 is 24.7 Å². The molecule has 0 spiro atoms. The fourth-order valence-electron chi connectivity index (χ4n) is 2.39. The Labute approximate surface area is 141 Å². The van der Waals surface area contributed by atoms with Crippen LogP contribution in [0.3, 0.4) is 0 Å². The summed E-state index contributed by atoms with van der Waals surface area (Å²) in [5, 5.41) is 0. The van der Waals surface area contributed by atoms with Crippen molar-refractivity contribution in [3.05, 3.63) is 48.6 Å². The van der Waals surface area contributed by atoms with E-state index in [4.69, 9.17) is 24.7 Å². The Bertz CT molecular complexity index is 439. The topological polar surface area (TPSA) is 79.7 Å². The van der Waals surface area contributed by atoms with E-state index in [1.807, 2.05) is 12.1 Å². The minimum atomic E-state index is -2.75. The van der Waals surface area contributed by atoms with Crippen molar-refractivity contribution in [1.82, 2.24) is 0 Å². The molecular weight excluding hydrogens is 308 g/mol. The first kappa shape index (κ1) is 20.0. The van der Waals surface area contributed by atoms with E-state index in [2.05, 4.69) is 30.8 Å². The Morgan fingerprint density at radius 3 is 2.30 bits per heavy atom. The standard InChI is InChI=1S/C17H30N2O3Si/c1-4-16(12-8-11-15-9-6-5-7-10-15)22-23(20-2,21-3)14-13-17(18)19/h4-7,9-10,16-17H,1,8,11-14,18-19H2,2-3H3. The lowest BCUT2D eigenvalue weighted by molar-refractivity contribution is 0.0688. The van der Waals surface area contributed by atoms with E-state index in [0.717, 1.165) is 19.3 Å². The van der Waals surface area contributed by atoms with Crippen LogP contribution in [0, 0.1) is 0 Å². The summed E-state index contributed by atoms with van der Waals surface area (Å²) >= 11 is 0. The number of hydrogen-bond donors (Lipinski definition) is 2. The molecule has 5 nitrogen and oxygen atoms in total. The van der Waals surface area contributed by atoms with Crippen molar-refractivity contribution in [3.63, 3.8) is 0 Å². The lowest BCUT2D eigenvalue weighted by atomic mass is 10.1. The van der Waals surface area contributed by atoms with Crippen LogP contribution in [-0.2, 0) is 19.7 Å². The SMILES string of the molecule is C=CC(CCCc1ccccc1)O[Si](CCC(N)N)(OC)OC. The Hall–Kier alpha value is -1.02. The summed E-state index contributed by atoms with van der Waals surface area (Å²) in [6.45, 7) is 3.87. The molecule has 0 fully saturated rings. The normalized spacial score (nSPS) is 13.3. The largest absolute Gasteiger partial charge is 0.500 e. The lowest BCUT2D eigenvalue weighted by Gasteiger charge is -2.30. The van der Waals surface area contributed by atoms with Gasteiger partial charge in [0.25, 0.3) is 0 Å². The summed E-state index contributed by atoms with van der Waals surface area (Å²) in [5.41, 5.74) is 12.6. The molecule has 0 aliphatic heterocycles. The van der Waals surface area contributed by atoms with E-state index in [1.54, 1.807) is 14.2 Å². The Morgan fingerprint density at radius 2 is 1.78 bits per heavy atom. The lowest BCUT2D eigenvalue weighted by Crippen LogP contribution is -2.48. The maximum absolute atomic E-state index is 6.14. The first-order valence-corrected chi connectivity index (χ1v) is 9.94. The van der Waals surface area contributed by atoms with E-state index >= 15 is 0 Å². The average molecular weight is 339 g/mol. The maximum Gasteiger partial charge on any atom is 0.500 e. The molecular formula is C17H30N2O3Si. The molecule has 0 bridgehead atoms. The van der Waals surface area contributed by atoms with Gasteiger partial charge in [-0.3, -0.25) is 0 Å². The second-order valence-electron chi connectivity index (χ2n) is 5.56. The molecule has 0 amide bonds. The van der Waals surface area contributed by atoms with Crippen LogP contribution >= 0.6 is 0 Å². The van der Waals surface area contributed by atoms with E-state index in [1.165, 1.54) is 5.56 Å². The van der Waals surface area contributed by atoms with Crippen LogP contribution < -0.4 is 11.5 Å². The van der Waals surface area contributed by atoms with Crippen molar-refractivity contribution in [1.29, 1.82) is 0 Å². The summed E-state index contributed by atoms with van der Waals surface area (Å²) in [7, 11) is 0.475. The van der Waals surface area contributed by atoms with Gasteiger partial charge in [0.1, 0.15) is 0 Å². The van der Waals surface area contributed by atoms with Crippen molar-refractivity contribution >= 4 is 8.80 Å². The van der Waals surface area contributed by atoms with E-state index in [0.29, 0.717) is 12.5 Å². The third-order valence-electron chi connectivity index (χ3n) is 3.80. The number of benzene rings is 1. The number of hydrogen-bond acceptors (Lipinski definition) is 5. The molecule has 130 valence electrons. The molecule has 0 saturated heterocycles. The van der Waals surface area contributed by atoms with E-state index in [-0.39, 0.29) is 6.10 Å². The van der Waals surface area contributed by atoms with E-state index < -0.39 is 15.0 Å². The maximum atomic E-state index is 6.14. The zero-order valence-electron chi connectivity index (χ0n) is 14.2. The van der Waals surface area contributed by atoms with Gasteiger partial charge in [-0.15, -0.1) is 6.58 Å². The van der Waals surface area contributed by atoms with Gasteiger partial charge in [0, 0.05) is 20.3 Å². The second kappa shape index (κ2) is 10.7. The van der Waals surface area contributed by atoms with Crippen molar-refractivity contribution in [3.8, 4) is 0 Å². The van der Waals surface area contributed by atoms with Crippen molar-refractivity contribution in [2.45, 2.75) is 44.0 Å². The van der Waals surface area contributed by atoms with Gasteiger partial charge in [0.15, 0.2) is 0 Å². The van der Waals surface area contributed by atoms with Gasteiger partial charge in [-0.1, -0.05) is 36.4 Å². The van der Waals surface area contributed by atoms with Crippen molar-refractivity contribution in [2.24, 2.45) is 11.5 Å². The predicted octanol–water partition coefficient (Wildman–Crippen LogP) is 2.45. The third-order valence-corrected chi connectivity index (χ3v) is 6.60. The zero-order valence-corrected chi connectivity index (χ0v) is 15.2. The van der Waals surface area contributed by atoms with Crippen LogP contribution in [0.4, 0.5) is 0 Å². The van der Waals surface area contributed by atoms with Crippen LogP contribution in [0.5, 0.6) is 0 Å². The Morgan fingerprint density at radius 1 is 1.13 bits per heavy atom. The second-order valence-corrected chi connectivity index (χ2v) is 8.48. The van der Waals surface area contributed by atoms with Gasteiger partial charge in [-0.05, 0) is 31.2 Å². The van der Waals surface area contributed by atoms with Gasteiger partial charge >= 0.3 is 8.80 Å². The number of rotatable bonds is 12. The summed E-state index contributed by atoms with van der Waals surface area (Å²) in [5.74, 6) is 0. The molecule has 0 aliphatic carbocycles. The van der Waals surface area contributed by atoms with E-state index in [9.17, 15) is 0 Å². The molecule has 1 atom stereocenters. The zero-order chi connectivity index (χ0) is 17.1. The number of nitrogens with two attached hydrogens (primary N) is 2. The molecule has 0 aliphatic rings. The molecule has 1 aromatic carbocycles. The Balaban J connectivity index is 2.52. The Kier molecular flexibility index (Phi) is 9.31. The van der Waals surface area contributed by atoms with Gasteiger partial charge in [0.2, 0.25) is 0 Å². The highest BCUT2D eigenvalue weighted by atomic mass is 28.4. The van der Waals surface area contributed by atoms with Crippen LogP contribution in [0.15, 0.2) is 43.0 Å². The number of aryl methyl sites for hydroxylation is 1. The van der Waals surface area contributed by atoms with Gasteiger partial charge in [-0.2, -0.15) is 0 Å². The van der Waals surface area contributed by atoms with Crippen LogP contribution in [-0.4, -0.2) is 35.3 Å². The molecule has 0 heterocycles. The van der Waals surface area contributed by atoms with Crippen LogP contribution in [0.1, 0.15) is 24.8 Å². The fraction of sp³-hybridized carbons (Fsp3) is 0.529. The first-order valence-electron chi connectivity index (χ1n) is 8.01. The molecule has 1 rings (SSSR count). The van der Waals surface area contributed by atoms with Gasteiger partial charge in [0.05, 0.1) is 12.3 Å². The molecule has 0 radical (unpaired) electrons. The summed E-state index contributed by atoms with van der Waals surface area (Å²) in [6.07, 6.45) is 4.81. The first-order chi connectivity index (χ1) is 11.0. The molecule has 0 aromatic heterocycles. The fourth-order valence-corrected chi connectivity index (χ4v) is 4.64. The molecule has 6 heteroatoms. The van der Waals surface area contributed by atoms with Crippen molar-refractivity contribution < 1.29 is 13.3 Å². The summed E-state index contributed by atoms with van der Waals surface area (Å²) in [4.78, 5) is 0. The van der Waals surface area contributed by atoms with Crippen molar-refractivity contribution in [2.75, 3.05) is 14.2 Å². The quantitative estimate of drug-likeness (QED) is 0.348. The van der Waals surface area contributed by atoms with Crippen LogP contribution in [0.25, 0.3) is 0 Å². The molecule has 23 heavy (non-hydrogen) atoms. The molecule has 1 aromatic rings. The highest BCUT2D eigenvalue weighted by molar-refractivity contribution is 6.60. The molecule has 0 saturated carbocycles. The summed E-state index contributed by atoms with van der Waals surface area (Å²) in [6, 6.07) is 11.0. The highest BCUT2D eigenvalue weighted by Crippen LogP contribution is 2.21. The minimum Gasteiger partial charge on any atom is -0.377 e. The monoisotopic (exact) mass is 338 g/mol. The highest BCUT2D eigenvalue weighted by Gasteiger charge is 2.40. The predicted molar refractivity (Wildman–Crippen MR) is 95.8 cm³/mol. The minimum absolute atomic E-state index is 0.0979. The third kappa shape index (κ3) is 7.39. The van der Waals surface area contributed by atoms with Gasteiger partial charge in [-0.25, -0.2) is 0 Å². The average Bonchev–Trinajstić information content (AvgIpc) is 2.58.